The predicted octanol–water partition coefficient (Wildman–Crippen LogP) is 3.82. The molecule has 8 heteroatoms. The van der Waals surface area contributed by atoms with E-state index in [-0.39, 0.29) is 18.2 Å². The number of hydrogen-bond donors (Lipinski definition) is 1. The number of hydrogen-bond acceptors (Lipinski definition) is 6. The van der Waals surface area contributed by atoms with Crippen LogP contribution in [0.1, 0.15) is 22.8 Å². The van der Waals surface area contributed by atoms with Crippen molar-refractivity contribution in [3.63, 3.8) is 0 Å². The van der Waals surface area contributed by atoms with Gasteiger partial charge in [-0.2, -0.15) is 0 Å². The third-order valence-corrected chi connectivity index (χ3v) is 7.52. The number of amides is 2. The first kappa shape index (κ1) is 24.6. The van der Waals surface area contributed by atoms with Crippen LogP contribution < -0.4 is 5.32 Å². The van der Waals surface area contributed by atoms with E-state index in [1.165, 1.54) is 23.8 Å². The second-order valence-corrected chi connectivity index (χ2v) is 9.74. The number of thioether (sulfide) groups is 1. The average Bonchev–Trinajstić information content (AvgIpc) is 2.95. The van der Waals surface area contributed by atoms with E-state index in [9.17, 15) is 14.4 Å². The lowest BCUT2D eigenvalue weighted by Gasteiger charge is -2.51. The first-order chi connectivity index (χ1) is 18.1. The zero-order valence-electron chi connectivity index (χ0n) is 20.2. The summed E-state index contributed by atoms with van der Waals surface area (Å²) in [5.41, 5.74) is 2.48. The second kappa shape index (κ2) is 10.9. The molecule has 0 aliphatic carbocycles. The minimum absolute atomic E-state index is 0.169. The Morgan fingerprint density at radius 2 is 1.49 bits per heavy atom. The monoisotopic (exact) mass is 514 g/mol. The van der Waals surface area contributed by atoms with Crippen LogP contribution in [-0.4, -0.2) is 47.3 Å². The molecule has 188 valence electrons. The summed E-state index contributed by atoms with van der Waals surface area (Å²) in [5, 5.41) is 4.11. The summed E-state index contributed by atoms with van der Waals surface area (Å²) in [6, 6.07) is 26.5. The van der Waals surface area contributed by atoms with E-state index >= 15 is 0 Å². The van der Waals surface area contributed by atoms with Gasteiger partial charge in [0.25, 0.3) is 0 Å². The SMILES string of the molecule is COC1=CS[C@H]2[C@H](NC(=O)Cc3ccccc3)C(=O)N2C1C(=O)OC(c1ccccc1)c1ccccc1. The molecular weight excluding hydrogens is 488 g/mol. The number of rotatable bonds is 8. The topological polar surface area (TPSA) is 84.9 Å². The van der Waals surface area contributed by atoms with Crippen LogP contribution in [0.15, 0.2) is 102 Å². The molecule has 2 aliphatic rings. The van der Waals surface area contributed by atoms with E-state index in [2.05, 4.69) is 5.32 Å². The molecule has 7 nitrogen and oxygen atoms in total. The molecular formula is C29H26N2O5S. The average molecular weight is 515 g/mol. The largest absolute Gasteiger partial charge is 0.498 e. The van der Waals surface area contributed by atoms with E-state index in [4.69, 9.17) is 9.47 Å². The fourth-order valence-corrected chi connectivity index (χ4v) is 5.73. The summed E-state index contributed by atoms with van der Waals surface area (Å²) < 4.78 is 11.5. The lowest BCUT2D eigenvalue weighted by Crippen LogP contribution is -2.74. The van der Waals surface area contributed by atoms with Crippen LogP contribution in [0.25, 0.3) is 0 Å². The number of β-lactam (4-membered cyclic amide) rings is 1. The number of methoxy groups -OCH3 is 1. The fourth-order valence-electron chi connectivity index (χ4n) is 4.54. The molecule has 1 saturated heterocycles. The van der Waals surface area contributed by atoms with Crippen molar-refractivity contribution in [3.05, 3.63) is 119 Å². The van der Waals surface area contributed by atoms with Crippen molar-refractivity contribution in [2.45, 2.75) is 30.0 Å². The van der Waals surface area contributed by atoms with Gasteiger partial charge in [-0.25, -0.2) is 4.79 Å². The summed E-state index contributed by atoms with van der Waals surface area (Å²) in [6.07, 6.45) is -0.485. The Balaban J connectivity index is 1.34. The van der Waals surface area contributed by atoms with Crippen molar-refractivity contribution in [1.82, 2.24) is 10.2 Å². The van der Waals surface area contributed by atoms with Gasteiger partial charge < -0.3 is 19.7 Å². The van der Waals surface area contributed by atoms with Gasteiger partial charge in [-0.3, -0.25) is 9.59 Å². The predicted molar refractivity (Wildman–Crippen MR) is 140 cm³/mol. The lowest BCUT2D eigenvalue weighted by molar-refractivity contribution is -0.167. The van der Waals surface area contributed by atoms with E-state index < -0.39 is 29.5 Å². The molecule has 3 aromatic rings. The first-order valence-electron chi connectivity index (χ1n) is 11.9. The molecule has 2 amide bonds. The van der Waals surface area contributed by atoms with Crippen LogP contribution >= 0.6 is 11.8 Å². The number of ether oxygens (including phenoxy) is 2. The first-order valence-corrected chi connectivity index (χ1v) is 12.9. The molecule has 2 aliphatic heterocycles. The van der Waals surface area contributed by atoms with Gasteiger partial charge in [-0.05, 0) is 16.7 Å². The highest BCUT2D eigenvalue weighted by atomic mass is 32.2. The van der Waals surface area contributed by atoms with Gasteiger partial charge in [0.1, 0.15) is 17.2 Å². The van der Waals surface area contributed by atoms with Gasteiger partial charge >= 0.3 is 5.97 Å². The number of nitrogens with zero attached hydrogens (tertiary/aromatic N) is 1. The maximum absolute atomic E-state index is 13.6. The van der Waals surface area contributed by atoms with Crippen LogP contribution in [-0.2, 0) is 30.3 Å². The van der Waals surface area contributed by atoms with Crippen LogP contribution in [0, 0.1) is 0 Å². The molecule has 1 unspecified atom stereocenters. The van der Waals surface area contributed by atoms with Gasteiger partial charge in [0.2, 0.25) is 11.8 Å². The van der Waals surface area contributed by atoms with Crippen LogP contribution in [0.5, 0.6) is 0 Å². The molecule has 1 N–H and O–H groups in total. The summed E-state index contributed by atoms with van der Waals surface area (Å²) in [5.74, 6) is -0.870. The van der Waals surface area contributed by atoms with Crippen LogP contribution in [0.3, 0.4) is 0 Å². The molecule has 0 bridgehead atoms. The molecule has 5 rings (SSSR count). The maximum Gasteiger partial charge on any atom is 0.337 e. The molecule has 0 spiro atoms. The Bertz CT molecular complexity index is 1260. The molecule has 37 heavy (non-hydrogen) atoms. The Morgan fingerprint density at radius 1 is 0.919 bits per heavy atom. The molecule has 0 radical (unpaired) electrons. The molecule has 2 heterocycles. The van der Waals surface area contributed by atoms with Crippen molar-refractivity contribution >= 4 is 29.5 Å². The van der Waals surface area contributed by atoms with E-state index in [0.29, 0.717) is 5.76 Å². The van der Waals surface area contributed by atoms with E-state index in [1.807, 2.05) is 91.0 Å². The van der Waals surface area contributed by atoms with Gasteiger partial charge in [0.05, 0.1) is 13.5 Å². The molecule has 3 atom stereocenters. The standard InChI is InChI=1S/C29H26N2O5S/c1-35-22-18-37-28-24(30-23(32)17-19-11-5-2-6-12-19)27(33)31(28)25(22)29(34)36-26(20-13-7-3-8-14-20)21-15-9-4-10-16-21/h2-16,18,24-26,28H,17H2,1H3,(H,30,32)/t24-,25?,28+/m1/s1. The summed E-state index contributed by atoms with van der Waals surface area (Å²) >= 11 is 1.33. The third kappa shape index (κ3) is 5.11. The smallest absolute Gasteiger partial charge is 0.337 e. The summed E-state index contributed by atoms with van der Waals surface area (Å²) in [7, 11) is 1.46. The maximum atomic E-state index is 13.6. The minimum Gasteiger partial charge on any atom is -0.498 e. The highest BCUT2D eigenvalue weighted by Gasteiger charge is 2.57. The molecule has 0 aromatic heterocycles. The Labute approximate surface area is 219 Å². The van der Waals surface area contributed by atoms with Gasteiger partial charge in [0, 0.05) is 5.41 Å². The van der Waals surface area contributed by atoms with Gasteiger partial charge in [-0.1, -0.05) is 91.0 Å². The van der Waals surface area contributed by atoms with Crippen molar-refractivity contribution in [2.75, 3.05) is 7.11 Å². The summed E-state index contributed by atoms with van der Waals surface area (Å²) in [6.45, 7) is 0. The molecule has 3 aromatic carbocycles. The number of carbonyl (C=O) groups excluding carboxylic acids is 3. The Morgan fingerprint density at radius 3 is 2.05 bits per heavy atom. The number of carbonyl (C=O) groups is 3. The minimum atomic E-state index is -1.04. The normalized spacial score (nSPS) is 20.4. The van der Waals surface area contributed by atoms with Crippen molar-refractivity contribution < 1.29 is 23.9 Å². The number of esters is 1. The summed E-state index contributed by atoms with van der Waals surface area (Å²) in [4.78, 5) is 40.8. The number of nitrogens with one attached hydrogen (secondary N) is 1. The number of fused-ring (bicyclic) bond motifs is 1. The van der Waals surface area contributed by atoms with Crippen molar-refractivity contribution in [3.8, 4) is 0 Å². The molecule has 1 fully saturated rings. The van der Waals surface area contributed by atoms with E-state index in [0.717, 1.165) is 16.7 Å². The third-order valence-electron chi connectivity index (χ3n) is 6.37. The zero-order valence-corrected chi connectivity index (χ0v) is 21.0. The van der Waals surface area contributed by atoms with Crippen LogP contribution in [0.4, 0.5) is 0 Å². The Hall–Kier alpha value is -4.04. The number of benzene rings is 3. The van der Waals surface area contributed by atoms with Gasteiger partial charge in [0.15, 0.2) is 12.1 Å². The van der Waals surface area contributed by atoms with Crippen molar-refractivity contribution in [2.24, 2.45) is 0 Å². The molecule has 0 saturated carbocycles. The second-order valence-electron chi connectivity index (χ2n) is 8.74. The van der Waals surface area contributed by atoms with Gasteiger partial charge in [-0.15, -0.1) is 11.8 Å². The zero-order chi connectivity index (χ0) is 25.8. The lowest BCUT2D eigenvalue weighted by atomic mass is 9.99. The fraction of sp³-hybridized carbons (Fsp3) is 0.207. The Kier molecular flexibility index (Phi) is 7.28. The highest BCUT2D eigenvalue weighted by Crippen LogP contribution is 2.41. The highest BCUT2D eigenvalue weighted by molar-refractivity contribution is 8.02. The van der Waals surface area contributed by atoms with E-state index in [1.54, 1.807) is 5.41 Å². The quantitative estimate of drug-likeness (QED) is 0.364. The van der Waals surface area contributed by atoms with Crippen LogP contribution in [0.2, 0.25) is 0 Å². The van der Waals surface area contributed by atoms with Crippen molar-refractivity contribution in [1.29, 1.82) is 0 Å².